The van der Waals surface area contributed by atoms with Crippen molar-refractivity contribution in [2.24, 2.45) is 0 Å². The highest BCUT2D eigenvalue weighted by Crippen LogP contribution is 2.16. The van der Waals surface area contributed by atoms with Crippen molar-refractivity contribution in [3.8, 4) is 0 Å². The van der Waals surface area contributed by atoms with E-state index in [1.165, 1.54) is 116 Å². The summed E-state index contributed by atoms with van der Waals surface area (Å²) in [5, 5.41) is 0. The summed E-state index contributed by atoms with van der Waals surface area (Å²) in [6, 6.07) is 0. The van der Waals surface area contributed by atoms with Crippen LogP contribution in [0.3, 0.4) is 0 Å². The van der Waals surface area contributed by atoms with Gasteiger partial charge in [0, 0.05) is 19.3 Å². The molecule has 0 aliphatic carbocycles. The number of carbonyl (C=O) groups excluding carboxylic acids is 3. The van der Waals surface area contributed by atoms with Gasteiger partial charge in [-0.1, -0.05) is 252 Å². The molecule has 0 N–H and O–H groups in total. The number of rotatable bonds is 55. The van der Waals surface area contributed by atoms with Crippen LogP contribution in [0.15, 0.2) is 109 Å². The molecule has 1 atom stereocenters. The van der Waals surface area contributed by atoms with Crippen LogP contribution in [0.4, 0.5) is 0 Å². The molecular formula is C68H114O6. The van der Waals surface area contributed by atoms with Crippen molar-refractivity contribution in [3.63, 3.8) is 0 Å². The van der Waals surface area contributed by atoms with Crippen LogP contribution in [-0.4, -0.2) is 37.2 Å². The van der Waals surface area contributed by atoms with Crippen molar-refractivity contribution in [1.82, 2.24) is 0 Å². The third kappa shape index (κ3) is 59.0. The van der Waals surface area contributed by atoms with Gasteiger partial charge < -0.3 is 14.2 Å². The second-order valence-electron chi connectivity index (χ2n) is 20.2. The summed E-state index contributed by atoms with van der Waals surface area (Å²) in [7, 11) is 0. The van der Waals surface area contributed by atoms with E-state index >= 15 is 0 Å². The van der Waals surface area contributed by atoms with E-state index in [-0.39, 0.29) is 31.1 Å². The Morgan fingerprint density at radius 1 is 0.284 bits per heavy atom. The lowest BCUT2D eigenvalue weighted by atomic mass is 10.0. The molecule has 0 aliphatic rings. The summed E-state index contributed by atoms with van der Waals surface area (Å²) in [6.07, 6.45) is 83.9. The summed E-state index contributed by atoms with van der Waals surface area (Å²) in [6.45, 7) is 6.38. The third-order valence-corrected chi connectivity index (χ3v) is 13.0. The maximum Gasteiger partial charge on any atom is 0.306 e. The average Bonchev–Trinajstić information content (AvgIpc) is 3.40. The van der Waals surface area contributed by atoms with Crippen molar-refractivity contribution < 1.29 is 28.6 Å². The Morgan fingerprint density at radius 3 is 0.851 bits per heavy atom. The van der Waals surface area contributed by atoms with Crippen LogP contribution < -0.4 is 0 Å². The van der Waals surface area contributed by atoms with E-state index < -0.39 is 6.10 Å². The number of hydrogen-bond acceptors (Lipinski definition) is 6. The summed E-state index contributed by atoms with van der Waals surface area (Å²) < 4.78 is 16.8. The van der Waals surface area contributed by atoms with Gasteiger partial charge in [-0.15, -0.1) is 0 Å². The normalized spacial score (nSPS) is 12.9. The molecule has 0 aromatic heterocycles. The molecule has 6 heteroatoms. The van der Waals surface area contributed by atoms with Gasteiger partial charge in [0.1, 0.15) is 13.2 Å². The zero-order chi connectivity index (χ0) is 53.6. The maximum absolute atomic E-state index is 12.9. The molecule has 0 rings (SSSR count). The number of esters is 3. The Kier molecular flexibility index (Phi) is 58.3. The number of carbonyl (C=O) groups is 3. The average molecular weight is 1030 g/mol. The van der Waals surface area contributed by atoms with E-state index in [0.717, 1.165) is 128 Å². The molecule has 74 heavy (non-hydrogen) atoms. The smallest absolute Gasteiger partial charge is 0.306 e. The van der Waals surface area contributed by atoms with Gasteiger partial charge >= 0.3 is 17.9 Å². The fraction of sp³-hybridized carbons (Fsp3) is 0.691. The Balaban J connectivity index is 4.25. The molecule has 1 unspecified atom stereocenters. The van der Waals surface area contributed by atoms with Gasteiger partial charge in [-0.05, 0) is 122 Å². The first-order valence-electron chi connectivity index (χ1n) is 30.9. The van der Waals surface area contributed by atoms with Crippen molar-refractivity contribution in [3.05, 3.63) is 109 Å². The molecular weight excluding hydrogens is 913 g/mol. The monoisotopic (exact) mass is 1030 g/mol. The summed E-state index contributed by atoms with van der Waals surface area (Å²) in [5.74, 6) is -0.927. The van der Waals surface area contributed by atoms with Crippen LogP contribution in [0, 0.1) is 0 Å². The predicted molar refractivity (Wildman–Crippen MR) is 320 cm³/mol. The third-order valence-electron chi connectivity index (χ3n) is 13.0. The van der Waals surface area contributed by atoms with Crippen molar-refractivity contribution in [2.75, 3.05) is 13.2 Å². The fourth-order valence-corrected chi connectivity index (χ4v) is 8.42. The lowest BCUT2D eigenvalue weighted by Gasteiger charge is -2.18. The second kappa shape index (κ2) is 61.6. The van der Waals surface area contributed by atoms with Gasteiger partial charge in [-0.25, -0.2) is 0 Å². The van der Waals surface area contributed by atoms with E-state index in [4.69, 9.17) is 14.2 Å². The first-order valence-corrected chi connectivity index (χ1v) is 30.9. The first-order chi connectivity index (χ1) is 36.5. The van der Waals surface area contributed by atoms with Crippen molar-refractivity contribution in [2.45, 2.75) is 290 Å². The molecule has 0 saturated heterocycles. The van der Waals surface area contributed by atoms with E-state index in [2.05, 4.69) is 130 Å². The predicted octanol–water partition coefficient (Wildman–Crippen LogP) is 21.0. The highest BCUT2D eigenvalue weighted by molar-refractivity contribution is 5.71. The van der Waals surface area contributed by atoms with Crippen LogP contribution in [0.25, 0.3) is 0 Å². The minimum atomic E-state index is -0.795. The Hall–Kier alpha value is -3.93. The molecule has 0 heterocycles. The lowest BCUT2D eigenvalue weighted by molar-refractivity contribution is -0.167. The minimum Gasteiger partial charge on any atom is -0.462 e. The van der Waals surface area contributed by atoms with Gasteiger partial charge in [0.25, 0.3) is 0 Å². The van der Waals surface area contributed by atoms with Crippen LogP contribution in [0.5, 0.6) is 0 Å². The van der Waals surface area contributed by atoms with Gasteiger partial charge in [-0.2, -0.15) is 0 Å². The Morgan fingerprint density at radius 2 is 0.527 bits per heavy atom. The van der Waals surface area contributed by atoms with Crippen LogP contribution >= 0.6 is 0 Å². The maximum atomic E-state index is 12.9. The topological polar surface area (TPSA) is 78.9 Å². The molecule has 422 valence electrons. The number of allylic oxidation sites excluding steroid dienone is 18. The summed E-state index contributed by atoms with van der Waals surface area (Å²) in [5.41, 5.74) is 0. The van der Waals surface area contributed by atoms with E-state index in [9.17, 15) is 14.4 Å². The highest BCUT2D eigenvalue weighted by Gasteiger charge is 2.19. The Labute approximate surface area is 457 Å². The van der Waals surface area contributed by atoms with E-state index in [1.807, 2.05) is 0 Å². The quantitative estimate of drug-likeness (QED) is 0.0261. The molecule has 0 spiro atoms. The van der Waals surface area contributed by atoms with E-state index in [1.54, 1.807) is 0 Å². The molecule has 0 radical (unpaired) electrons. The zero-order valence-electron chi connectivity index (χ0n) is 48.3. The first kappa shape index (κ1) is 70.1. The number of hydrogen-bond donors (Lipinski definition) is 0. The molecule has 0 fully saturated rings. The molecule has 0 aromatic carbocycles. The Bertz CT molecular complexity index is 1510. The van der Waals surface area contributed by atoms with Gasteiger partial charge in [0.05, 0.1) is 0 Å². The summed E-state index contributed by atoms with van der Waals surface area (Å²) in [4.78, 5) is 38.2. The second-order valence-corrected chi connectivity index (χ2v) is 20.2. The molecule has 0 saturated carbocycles. The molecule has 6 nitrogen and oxygen atoms in total. The molecule has 0 aliphatic heterocycles. The number of ether oxygens (including phenoxy) is 3. The largest absolute Gasteiger partial charge is 0.462 e. The van der Waals surface area contributed by atoms with Crippen molar-refractivity contribution in [1.29, 1.82) is 0 Å². The van der Waals surface area contributed by atoms with Crippen LogP contribution in [0.1, 0.15) is 284 Å². The van der Waals surface area contributed by atoms with Crippen LogP contribution in [0.2, 0.25) is 0 Å². The molecule has 0 bridgehead atoms. The summed E-state index contributed by atoms with van der Waals surface area (Å²) >= 11 is 0. The molecule has 0 aromatic rings. The highest BCUT2D eigenvalue weighted by atomic mass is 16.6. The van der Waals surface area contributed by atoms with Gasteiger partial charge in [-0.3, -0.25) is 14.4 Å². The number of unbranched alkanes of at least 4 members (excludes halogenated alkanes) is 26. The van der Waals surface area contributed by atoms with Gasteiger partial charge in [0.15, 0.2) is 6.10 Å². The fourth-order valence-electron chi connectivity index (χ4n) is 8.42. The zero-order valence-corrected chi connectivity index (χ0v) is 48.3. The standard InChI is InChI=1S/C68H114O6/c1-4-7-10-13-16-19-22-25-27-28-29-30-31-32-33-34-35-36-37-38-39-40-41-44-46-49-52-55-58-61-67(70)73-64-65(63-72-66(69)60-57-54-51-48-45-42-24-21-18-15-12-9-6-3)74-68(71)62-59-56-53-50-47-43-26-23-20-17-14-11-8-5-2/h7,9-10,12,16,18-19,21,23,25-27,29-30,32-33,42,45,65H,4-6,8,11,13-15,17,20,22,24,28,31,34-41,43-44,46-64H2,1-3H3/b10-7-,12-9-,19-16-,21-18-,26-23-,27-25-,30-29-,33-32-,45-42-. The van der Waals surface area contributed by atoms with E-state index in [0.29, 0.717) is 19.3 Å². The SMILES string of the molecule is CC/C=C\C/C=C\C/C=C\C/C=C\C/C=C\CCCCCCCCCCCCCCCC(=O)OCC(COC(=O)CCCCC/C=C\C/C=C\C/C=C\CC)OC(=O)CCCCCCC/C=C\CCCCCCC. The lowest BCUT2D eigenvalue weighted by Crippen LogP contribution is -2.30. The van der Waals surface area contributed by atoms with Crippen LogP contribution in [-0.2, 0) is 28.6 Å². The van der Waals surface area contributed by atoms with Crippen molar-refractivity contribution >= 4 is 17.9 Å². The minimum absolute atomic E-state index is 0.0911. The van der Waals surface area contributed by atoms with Gasteiger partial charge in [0.2, 0.25) is 0 Å². The molecule has 0 amide bonds.